The molecule has 6 nitrogen and oxygen atoms in total. The number of benzene rings is 1. The minimum atomic E-state index is 0.0263. The predicted octanol–water partition coefficient (Wildman–Crippen LogP) is 2.41. The fourth-order valence-electron chi connectivity index (χ4n) is 3.52. The Morgan fingerprint density at radius 2 is 2.04 bits per heavy atom. The maximum atomic E-state index is 6.02. The average Bonchev–Trinajstić information content (AvgIpc) is 2.58. The Hall–Kier alpha value is -2.08. The molecule has 1 aliphatic carbocycles. The summed E-state index contributed by atoms with van der Waals surface area (Å²) in [6, 6.07) is 3.84. The monoisotopic (exact) mass is 315 g/mol. The van der Waals surface area contributed by atoms with E-state index in [9.17, 15) is 0 Å². The third-order valence-electron chi connectivity index (χ3n) is 4.92. The lowest BCUT2D eigenvalue weighted by molar-refractivity contribution is -0.106. The van der Waals surface area contributed by atoms with Crippen LogP contribution in [0.4, 0.5) is 5.82 Å². The molecule has 2 heterocycles. The molecule has 23 heavy (non-hydrogen) atoms. The van der Waals surface area contributed by atoms with Crippen molar-refractivity contribution in [1.29, 1.82) is 0 Å². The highest BCUT2D eigenvalue weighted by Gasteiger charge is 2.42. The zero-order valence-electron chi connectivity index (χ0n) is 13.5. The van der Waals surface area contributed by atoms with E-state index in [1.54, 1.807) is 20.5 Å². The lowest BCUT2D eigenvalue weighted by Gasteiger charge is -2.48. The summed E-state index contributed by atoms with van der Waals surface area (Å²) in [5.74, 6) is 2.38. The molecule has 1 aromatic carbocycles. The Morgan fingerprint density at radius 3 is 2.74 bits per heavy atom. The Labute approximate surface area is 135 Å². The van der Waals surface area contributed by atoms with Gasteiger partial charge in [-0.25, -0.2) is 9.97 Å². The smallest absolute Gasteiger partial charge is 0.148 e. The highest BCUT2D eigenvalue weighted by Crippen LogP contribution is 2.41. The summed E-state index contributed by atoms with van der Waals surface area (Å²) in [5, 5.41) is 0.958. The van der Waals surface area contributed by atoms with Crippen molar-refractivity contribution in [1.82, 2.24) is 9.97 Å². The van der Waals surface area contributed by atoms with Gasteiger partial charge in [0.1, 0.15) is 29.2 Å². The topological polar surface area (TPSA) is 56.7 Å². The second-order valence-corrected chi connectivity index (χ2v) is 6.23. The van der Waals surface area contributed by atoms with E-state index in [0.29, 0.717) is 5.75 Å². The van der Waals surface area contributed by atoms with Crippen molar-refractivity contribution in [2.45, 2.75) is 24.9 Å². The van der Waals surface area contributed by atoms with Crippen molar-refractivity contribution >= 4 is 16.7 Å². The maximum absolute atomic E-state index is 6.02. The van der Waals surface area contributed by atoms with Gasteiger partial charge in [-0.3, -0.25) is 0 Å². The van der Waals surface area contributed by atoms with E-state index < -0.39 is 0 Å². The maximum Gasteiger partial charge on any atom is 0.148 e. The number of hydrogen-bond donors (Lipinski definition) is 0. The van der Waals surface area contributed by atoms with Crippen LogP contribution in [0.3, 0.4) is 0 Å². The van der Waals surface area contributed by atoms with Gasteiger partial charge >= 0.3 is 0 Å². The van der Waals surface area contributed by atoms with Crippen LogP contribution >= 0.6 is 0 Å². The molecule has 1 spiro atoms. The first kappa shape index (κ1) is 14.5. The number of ether oxygens (including phenoxy) is 3. The van der Waals surface area contributed by atoms with E-state index >= 15 is 0 Å². The van der Waals surface area contributed by atoms with E-state index in [1.807, 2.05) is 12.1 Å². The molecule has 6 heteroatoms. The fourth-order valence-corrected chi connectivity index (χ4v) is 3.52. The summed E-state index contributed by atoms with van der Waals surface area (Å²) in [4.78, 5) is 11.3. The second kappa shape index (κ2) is 5.53. The van der Waals surface area contributed by atoms with Crippen molar-refractivity contribution in [3.63, 3.8) is 0 Å². The Morgan fingerprint density at radius 1 is 1.17 bits per heavy atom. The van der Waals surface area contributed by atoms with Crippen molar-refractivity contribution < 1.29 is 14.2 Å². The van der Waals surface area contributed by atoms with E-state index in [1.165, 1.54) is 6.42 Å². The van der Waals surface area contributed by atoms with Crippen LogP contribution in [0.15, 0.2) is 18.5 Å². The van der Waals surface area contributed by atoms with Crippen molar-refractivity contribution in [2.75, 3.05) is 38.8 Å². The fraction of sp³-hybridized carbons (Fsp3) is 0.529. The third kappa shape index (κ3) is 2.37. The zero-order chi connectivity index (χ0) is 15.9. The molecular weight excluding hydrogens is 294 g/mol. The van der Waals surface area contributed by atoms with E-state index in [-0.39, 0.29) is 5.60 Å². The summed E-state index contributed by atoms with van der Waals surface area (Å²) < 4.78 is 16.9. The number of morpholine rings is 1. The zero-order valence-corrected chi connectivity index (χ0v) is 13.5. The summed E-state index contributed by atoms with van der Waals surface area (Å²) in [7, 11) is 3.30. The van der Waals surface area contributed by atoms with Crippen LogP contribution in [0.1, 0.15) is 19.3 Å². The molecule has 0 amide bonds. The molecule has 0 radical (unpaired) electrons. The lowest BCUT2D eigenvalue weighted by Crippen LogP contribution is -2.56. The van der Waals surface area contributed by atoms with Crippen LogP contribution in [0.2, 0.25) is 0 Å². The van der Waals surface area contributed by atoms with Gasteiger partial charge < -0.3 is 19.1 Å². The van der Waals surface area contributed by atoms with Gasteiger partial charge in [0.05, 0.1) is 31.8 Å². The average molecular weight is 315 g/mol. The molecule has 0 N–H and O–H groups in total. The Bertz CT molecular complexity index is 730. The van der Waals surface area contributed by atoms with Gasteiger partial charge in [0, 0.05) is 19.2 Å². The largest absolute Gasteiger partial charge is 0.497 e. The first-order valence-corrected chi connectivity index (χ1v) is 8.00. The molecule has 0 unspecified atom stereocenters. The van der Waals surface area contributed by atoms with Gasteiger partial charge in [-0.1, -0.05) is 0 Å². The van der Waals surface area contributed by atoms with E-state index in [0.717, 1.165) is 55.0 Å². The number of hydrogen-bond acceptors (Lipinski definition) is 6. The summed E-state index contributed by atoms with van der Waals surface area (Å²) in [6.45, 7) is 2.47. The van der Waals surface area contributed by atoms with Crippen LogP contribution in [0, 0.1) is 0 Å². The second-order valence-electron chi connectivity index (χ2n) is 6.23. The molecule has 1 saturated heterocycles. The molecule has 0 bridgehead atoms. The standard InChI is InChI=1S/C17H21N3O3/c1-21-12-8-13-15(14(9-12)22-2)18-11-19-16(13)20-6-7-23-17(10-20)4-3-5-17/h8-9,11H,3-7,10H2,1-2H3. The predicted molar refractivity (Wildman–Crippen MR) is 87.4 cm³/mol. The molecule has 4 rings (SSSR count). The van der Waals surface area contributed by atoms with Crippen LogP contribution < -0.4 is 14.4 Å². The molecule has 0 atom stereocenters. The highest BCUT2D eigenvalue weighted by atomic mass is 16.5. The molecule has 122 valence electrons. The van der Waals surface area contributed by atoms with Gasteiger partial charge in [0.15, 0.2) is 0 Å². The Balaban J connectivity index is 1.80. The van der Waals surface area contributed by atoms with Crippen LogP contribution in [-0.2, 0) is 4.74 Å². The van der Waals surface area contributed by atoms with Gasteiger partial charge in [-0.15, -0.1) is 0 Å². The molecule has 1 aliphatic heterocycles. The van der Waals surface area contributed by atoms with Crippen LogP contribution in [0.5, 0.6) is 11.5 Å². The number of nitrogens with zero attached hydrogens (tertiary/aromatic N) is 3. The van der Waals surface area contributed by atoms with Gasteiger partial charge in [0.25, 0.3) is 0 Å². The summed E-state index contributed by atoms with van der Waals surface area (Å²) in [5.41, 5.74) is 0.839. The quantitative estimate of drug-likeness (QED) is 0.867. The van der Waals surface area contributed by atoms with Crippen molar-refractivity contribution in [3.8, 4) is 11.5 Å². The minimum absolute atomic E-state index is 0.0263. The van der Waals surface area contributed by atoms with E-state index in [2.05, 4.69) is 14.9 Å². The number of anilines is 1. The molecule has 2 aromatic rings. The summed E-state index contributed by atoms with van der Waals surface area (Å²) >= 11 is 0. The SMILES string of the molecule is COc1cc(OC)c2ncnc(N3CCOC4(CCC4)C3)c2c1. The number of fused-ring (bicyclic) bond motifs is 1. The molecule has 1 aromatic heterocycles. The van der Waals surface area contributed by atoms with Gasteiger partial charge in [0.2, 0.25) is 0 Å². The lowest BCUT2D eigenvalue weighted by atomic mass is 9.79. The van der Waals surface area contributed by atoms with Crippen LogP contribution in [0.25, 0.3) is 10.9 Å². The molecule has 1 saturated carbocycles. The highest BCUT2D eigenvalue weighted by molar-refractivity contribution is 5.94. The van der Waals surface area contributed by atoms with E-state index in [4.69, 9.17) is 14.2 Å². The van der Waals surface area contributed by atoms with Crippen LogP contribution in [-0.4, -0.2) is 49.5 Å². The minimum Gasteiger partial charge on any atom is -0.497 e. The van der Waals surface area contributed by atoms with Crippen molar-refractivity contribution in [2.24, 2.45) is 0 Å². The number of rotatable bonds is 3. The third-order valence-corrected chi connectivity index (χ3v) is 4.92. The number of aromatic nitrogens is 2. The summed E-state index contributed by atoms with van der Waals surface area (Å²) in [6.07, 6.45) is 5.13. The van der Waals surface area contributed by atoms with Gasteiger partial charge in [-0.2, -0.15) is 0 Å². The van der Waals surface area contributed by atoms with Gasteiger partial charge in [-0.05, 0) is 25.3 Å². The molecule has 2 aliphatic rings. The first-order valence-electron chi connectivity index (χ1n) is 8.00. The normalized spacial score (nSPS) is 19.7. The molecule has 2 fully saturated rings. The Kier molecular flexibility index (Phi) is 3.49. The first-order chi connectivity index (χ1) is 11.2. The van der Waals surface area contributed by atoms with Crippen molar-refractivity contribution in [3.05, 3.63) is 18.5 Å². The molecular formula is C17H21N3O3. The number of methoxy groups -OCH3 is 2.